The first-order valence-corrected chi connectivity index (χ1v) is 5.23. The van der Waals surface area contributed by atoms with Gasteiger partial charge in [0, 0.05) is 17.1 Å². The van der Waals surface area contributed by atoms with Crippen LogP contribution in [0.25, 0.3) is 10.8 Å². The van der Waals surface area contributed by atoms with E-state index in [-0.39, 0.29) is 5.69 Å². The largest absolute Gasteiger partial charge is 0.277 e. The summed E-state index contributed by atoms with van der Waals surface area (Å²) in [5.74, 6) is 0. The molecule has 5 heteroatoms. The predicted octanol–water partition coefficient (Wildman–Crippen LogP) is 3.36. The van der Waals surface area contributed by atoms with E-state index in [2.05, 4.69) is 4.98 Å². The van der Waals surface area contributed by atoms with Gasteiger partial charge in [-0.05, 0) is 12.5 Å². The summed E-state index contributed by atoms with van der Waals surface area (Å²) in [5, 5.41) is 12.3. The fourth-order valence-electron chi connectivity index (χ4n) is 1.61. The second-order valence-corrected chi connectivity index (χ2v) is 3.75. The molecule has 0 amide bonds. The van der Waals surface area contributed by atoms with E-state index in [1.165, 1.54) is 6.07 Å². The molecule has 0 spiro atoms. The van der Waals surface area contributed by atoms with Crippen LogP contribution in [0.1, 0.15) is 12.6 Å². The van der Waals surface area contributed by atoms with Crippen LogP contribution in [0.15, 0.2) is 24.3 Å². The Morgan fingerprint density at radius 1 is 1.44 bits per heavy atom. The lowest BCUT2D eigenvalue weighted by Crippen LogP contribution is -1.93. The number of benzene rings is 1. The molecule has 4 nitrogen and oxygen atoms in total. The van der Waals surface area contributed by atoms with Crippen molar-refractivity contribution in [1.29, 1.82) is 0 Å². The summed E-state index contributed by atoms with van der Waals surface area (Å²) in [6, 6.07) is 6.54. The van der Waals surface area contributed by atoms with Crippen LogP contribution in [0.3, 0.4) is 0 Å². The average Bonchev–Trinajstić information content (AvgIpc) is 2.28. The van der Waals surface area contributed by atoms with Crippen molar-refractivity contribution in [3.63, 3.8) is 0 Å². The number of rotatable bonds is 2. The van der Waals surface area contributed by atoms with Crippen molar-refractivity contribution in [3.8, 4) is 0 Å². The predicted molar refractivity (Wildman–Crippen MR) is 62.8 cm³/mol. The maximum absolute atomic E-state index is 10.9. The van der Waals surface area contributed by atoms with E-state index in [9.17, 15) is 10.1 Å². The van der Waals surface area contributed by atoms with Gasteiger partial charge in [-0.3, -0.25) is 10.1 Å². The minimum absolute atomic E-state index is 0.0662. The Morgan fingerprint density at radius 3 is 2.81 bits per heavy atom. The molecule has 0 bridgehead atoms. The molecule has 1 heterocycles. The zero-order valence-corrected chi connectivity index (χ0v) is 9.36. The van der Waals surface area contributed by atoms with Gasteiger partial charge in [0.15, 0.2) is 0 Å². The Morgan fingerprint density at radius 2 is 2.19 bits per heavy atom. The first-order valence-electron chi connectivity index (χ1n) is 4.86. The highest BCUT2D eigenvalue weighted by Crippen LogP contribution is 2.30. The molecule has 0 aliphatic carbocycles. The van der Waals surface area contributed by atoms with Crippen LogP contribution in [-0.2, 0) is 6.42 Å². The molecule has 1 aromatic heterocycles. The number of aryl methyl sites for hydroxylation is 1. The van der Waals surface area contributed by atoms with Gasteiger partial charge in [-0.15, -0.1) is 0 Å². The van der Waals surface area contributed by atoms with Crippen LogP contribution in [0.4, 0.5) is 5.69 Å². The number of nitro benzene ring substituents is 1. The summed E-state index contributed by atoms with van der Waals surface area (Å²) < 4.78 is 0. The molecule has 0 aliphatic rings. The average molecular weight is 237 g/mol. The number of aromatic nitrogens is 1. The second-order valence-electron chi connectivity index (χ2n) is 3.39. The second kappa shape index (κ2) is 4.06. The van der Waals surface area contributed by atoms with Gasteiger partial charge in [-0.1, -0.05) is 30.7 Å². The van der Waals surface area contributed by atoms with Gasteiger partial charge >= 0.3 is 0 Å². The molecule has 2 aromatic rings. The molecular formula is C11H9ClN2O2. The summed E-state index contributed by atoms with van der Waals surface area (Å²) in [6.45, 7) is 1.93. The SMILES string of the molecule is CCc1cc2c([N+](=O)[O-])cccc2c(Cl)n1. The third-order valence-corrected chi connectivity index (χ3v) is 2.71. The first-order chi connectivity index (χ1) is 7.63. The van der Waals surface area contributed by atoms with Gasteiger partial charge < -0.3 is 0 Å². The molecule has 1 aromatic carbocycles. The Kier molecular flexibility index (Phi) is 2.75. The lowest BCUT2D eigenvalue weighted by atomic mass is 10.1. The first kappa shape index (κ1) is 10.8. The number of hydrogen-bond acceptors (Lipinski definition) is 3. The molecule has 0 fully saturated rings. The van der Waals surface area contributed by atoms with Crippen LogP contribution in [0.2, 0.25) is 5.15 Å². The molecule has 0 atom stereocenters. The number of pyridine rings is 1. The van der Waals surface area contributed by atoms with Crippen LogP contribution in [-0.4, -0.2) is 9.91 Å². The van der Waals surface area contributed by atoms with Gasteiger partial charge in [-0.25, -0.2) is 4.98 Å². The molecule has 0 saturated heterocycles. The minimum Gasteiger partial charge on any atom is -0.258 e. The van der Waals surface area contributed by atoms with Gasteiger partial charge in [0.05, 0.1) is 10.3 Å². The Bertz CT molecular complexity index is 569. The highest BCUT2D eigenvalue weighted by atomic mass is 35.5. The molecule has 2 rings (SSSR count). The van der Waals surface area contributed by atoms with E-state index < -0.39 is 4.92 Å². The number of halogens is 1. The quantitative estimate of drug-likeness (QED) is 0.456. The minimum atomic E-state index is -0.405. The van der Waals surface area contributed by atoms with E-state index in [1.54, 1.807) is 18.2 Å². The summed E-state index contributed by atoms with van der Waals surface area (Å²) in [7, 11) is 0. The zero-order valence-electron chi connectivity index (χ0n) is 8.61. The van der Waals surface area contributed by atoms with E-state index in [0.717, 1.165) is 5.69 Å². The molecule has 0 N–H and O–H groups in total. The van der Waals surface area contributed by atoms with Crippen molar-refractivity contribution in [2.24, 2.45) is 0 Å². The van der Waals surface area contributed by atoms with Crippen molar-refractivity contribution >= 4 is 28.1 Å². The standard InChI is InChI=1S/C11H9ClN2O2/c1-2-7-6-9-8(11(12)13-7)4-3-5-10(9)14(15)16/h3-6H,2H2,1H3. The van der Waals surface area contributed by atoms with Crippen molar-refractivity contribution in [2.75, 3.05) is 0 Å². The molecule has 0 unspecified atom stereocenters. The van der Waals surface area contributed by atoms with E-state index in [4.69, 9.17) is 11.6 Å². The lowest BCUT2D eigenvalue weighted by Gasteiger charge is -2.03. The zero-order chi connectivity index (χ0) is 11.7. The Labute approximate surface area is 97.0 Å². The summed E-state index contributed by atoms with van der Waals surface area (Å²) in [6.07, 6.45) is 0.696. The molecule has 82 valence electrons. The van der Waals surface area contributed by atoms with Gasteiger partial charge in [-0.2, -0.15) is 0 Å². The maximum Gasteiger partial charge on any atom is 0.277 e. The van der Waals surface area contributed by atoms with Crippen molar-refractivity contribution in [1.82, 2.24) is 4.98 Å². The van der Waals surface area contributed by atoms with Crippen molar-refractivity contribution in [2.45, 2.75) is 13.3 Å². The van der Waals surface area contributed by atoms with E-state index >= 15 is 0 Å². The summed E-state index contributed by atoms with van der Waals surface area (Å²) in [4.78, 5) is 14.6. The normalized spacial score (nSPS) is 10.6. The van der Waals surface area contributed by atoms with Gasteiger partial charge in [0.1, 0.15) is 5.15 Å². The summed E-state index contributed by atoms with van der Waals surface area (Å²) in [5.41, 5.74) is 0.823. The van der Waals surface area contributed by atoms with Crippen LogP contribution < -0.4 is 0 Å². The van der Waals surface area contributed by atoms with Crippen LogP contribution in [0.5, 0.6) is 0 Å². The van der Waals surface area contributed by atoms with Crippen molar-refractivity contribution < 1.29 is 4.92 Å². The maximum atomic E-state index is 10.9. The van der Waals surface area contributed by atoms with E-state index in [1.807, 2.05) is 6.92 Å². The highest BCUT2D eigenvalue weighted by molar-refractivity contribution is 6.34. The van der Waals surface area contributed by atoms with Crippen molar-refractivity contribution in [3.05, 3.63) is 45.2 Å². The molecular weight excluding hydrogens is 228 g/mol. The fraction of sp³-hybridized carbons (Fsp3) is 0.182. The molecule has 16 heavy (non-hydrogen) atoms. The monoisotopic (exact) mass is 236 g/mol. The molecule has 0 radical (unpaired) electrons. The topological polar surface area (TPSA) is 56.0 Å². The number of fused-ring (bicyclic) bond motifs is 1. The van der Waals surface area contributed by atoms with Crippen LogP contribution >= 0.6 is 11.6 Å². The van der Waals surface area contributed by atoms with E-state index in [0.29, 0.717) is 22.3 Å². The van der Waals surface area contributed by atoms with Gasteiger partial charge in [0.2, 0.25) is 0 Å². The molecule has 0 saturated carbocycles. The number of nitro groups is 1. The molecule has 0 aliphatic heterocycles. The number of hydrogen-bond donors (Lipinski definition) is 0. The fourth-order valence-corrected chi connectivity index (χ4v) is 1.88. The smallest absolute Gasteiger partial charge is 0.258 e. The number of nitrogens with zero attached hydrogens (tertiary/aromatic N) is 2. The Hall–Kier alpha value is -1.68. The third kappa shape index (κ3) is 1.72. The highest BCUT2D eigenvalue weighted by Gasteiger charge is 2.14. The third-order valence-electron chi connectivity index (χ3n) is 2.42. The number of non-ortho nitro benzene ring substituents is 1. The Balaban J connectivity index is 2.85. The lowest BCUT2D eigenvalue weighted by molar-refractivity contribution is -0.383. The van der Waals surface area contributed by atoms with Gasteiger partial charge in [0.25, 0.3) is 5.69 Å². The van der Waals surface area contributed by atoms with Crippen LogP contribution in [0, 0.1) is 10.1 Å². The summed E-state index contributed by atoms with van der Waals surface area (Å²) >= 11 is 5.98.